The highest BCUT2D eigenvalue weighted by molar-refractivity contribution is 6.07. The third-order valence-electron chi connectivity index (χ3n) is 5.06. The van der Waals surface area contributed by atoms with E-state index in [0.717, 1.165) is 35.4 Å². The Labute approximate surface area is 145 Å². The van der Waals surface area contributed by atoms with Gasteiger partial charge in [0.25, 0.3) is 0 Å². The van der Waals surface area contributed by atoms with Crippen LogP contribution in [-0.2, 0) is 11.2 Å². The second kappa shape index (κ2) is 5.99. The van der Waals surface area contributed by atoms with Crippen LogP contribution in [0.3, 0.4) is 0 Å². The van der Waals surface area contributed by atoms with Gasteiger partial charge in [0.2, 0.25) is 5.91 Å². The van der Waals surface area contributed by atoms with Crippen LogP contribution in [-0.4, -0.2) is 23.7 Å². The number of fused-ring (bicyclic) bond motifs is 3. The van der Waals surface area contributed by atoms with Crippen molar-refractivity contribution in [2.24, 2.45) is 11.0 Å². The molecule has 0 saturated carbocycles. The zero-order valence-electron chi connectivity index (χ0n) is 14.2. The van der Waals surface area contributed by atoms with Crippen LogP contribution in [0.4, 0.5) is 4.39 Å². The molecule has 1 amide bonds. The van der Waals surface area contributed by atoms with Crippen LogP contribution in [0.2, 0.25) is 0 Å². The molecule has 2 aromatic carbocycles. The van der Waals surface area contributed by atoms with Crippen molar-refractivity contribution < 1.29 is 13.9 Å². The number of nitrogens with zero attached hydrogens (tertiary/aromatic N) is 2. The predicted octanol–water partition coefficient (Wildman–Crippen LogP) is 3.70. The van der Waals surface area contributed by atoms with Crippen molar-refractivity contribution in [2.75, 3.05) is 7.11 Å². The molecule has 128 valence electrons. The average Bonchev–Trinajstić information content (AvgIpc) is 3.02. The number of amides is 1. The molecule has 1 heterocycles. The van der Waals surface area contributed by atoms with E-state index >= 15 is 0 Å². The van der Waals surface area contributed by atoms with E-state index in [2.05, 4.69) is 11.2 Å². The summed E-state index contributed by atoms with van der Waals surface area (Å²) < 4.78 is 18.7. The van der Waals surface area contributed by atoms with Gasteiger partial charge in [0, 0.05) is 18.4 Å². The fraction of sp³-hybridized carbons (Fsp3) is 0.300. The van der Waals surface area contributed by atoms with Crippen molar-refractivity contribution in [3.05, 3.63) is 65.0 Å². The Hall–Kier alpha value is -2.69. The first-order chi connectivity index (χ1) is 12.1. The molecule has 5 heteroatoms. The topological polar surface area (TPSA) is 41.9 Å². The molecule has 0 radical (unpaired) electrons. The largest absolute Gasteiger partial charge is 0.497 e. The van der Waals surface area contributed by atoms with Gasteiger partial charge in [-0.3, -0.25) is 4.79 Å². The van der Waals surface area contributed by atoms with Crippen LogP contribution in [0.15, 0.2) is 47.6 Å². The maximum absolute atomic E-state index is 13.3. The average molecular weight is 338 g/mol. The lowest BCUT2D eigenvalue weighted by Gasteiger charge is -2.29. The summed E-state index contributed by atoms with van der Waals surface area (Å²) in [5.74, 6) is 0.493. The normalized spacial score (nSPS) is 21.4. The van der Waals surface area contributed by atoms with Gasteiger partial charge in [-0.1, -0.05) is 18.2 Å². The van der Waals surface area contributed by atoms with Gasteiger partial charge in [-0.15, -0.1) is 0 Å². The zero-order chi connectivity index (χ0) is 17.6. The molecule has 2 aromatic rings. The van der Waals surface area contributed by atoms with Crippen LogP contribution in [0, 0.1) is 11.7 Å². The lowest BCUT2D eigenvalue weighted by atomic mass is 9.77. The van der Waals surface area contributed by atoms with Crippen LogP contribution in [0.1, 0.15) is 36.1 Å². The van der Waals surface area contributed by atoms with E-state index in [1.807, 2.05) is 12.1 Å². The van der Waals surface area contributed by atoms with Crippen LogP contribution in [0.5, 0.6) is 5.75 Å². The standard InChI is InChI=1S/C20H19FN2O2/c1-12(24)23-20(14-3-7-15(21)8-4-14)17-10-6-13-5-9-16(25-2)11-18(13)19(17)22-23/h3-5,7-9,11,17,20H,6,10H2,1-2H3/t17-,20-/m1/s1. The van der Waals surface area contributed by atoms with Crippen molar-refractivity contribution in [3.8, 4) is 5.75 Å². The van der Waals surface area contributed by atoms with Gasteiger partial charge in [0.1, 0.15) is 11.6 Å². The number of halogens is 1. The van der Waals surface area contributed by atoms with Gasteiger partial charge in [-0.2, -0.15) is 5.10 Å². The Morgan fingerprint density at radius 1 is 1.24 bits per heavy atom. The molecule has 0 fully saturated rings. The molecule has 0 bridgehead atoms. The second-order valence-electron chi connectivity index (χ2n) is 6.51. The van der Waals surface area contributed by atoms with E-state index in [0.29, 0.717) is 0 Å². The Kier molecular flexibility index (Phi) is 3.79. The first kappa shape index (κ1) is 15.8. The lowest BCUT2D eigenvalue weighted by molar-refractivity contribution is -0.131. The first-order valence-corrected chi connectivity index (χ1v) is 8.39. The summed E-state index contributed by atoms with van der Waals surface area (Å²) in [5.41, 5.74) is 4.10. The summed E-state index contributed by atoms with van der Waals surface area (Å²) in [6, 6.07) is 12.2. The number of carbonyl (C=O) groups excluding carboxylic acids is 1. The molecule has 0 spiro atoms. The van der Waals surface area contributed by atoms with Gasteiger partial charge in [-0.25, -0.2) is 9.40 Å². The molecular weight excluding hydrogens is 319 g/mol. The van der Waals surface area contributed by atoms with Crippen LogP contribution < -0.4 is 4.74 Å². The Morgan fingerprint density at radius 2 is 2.00 bits per heavy atom. The summed E-state index contributed by atoms with van der Waals surface area (Å²) in [5, 5.41) is 6.20. The smallest absolute Gasteiger partial charge is 0.240 e. The minimum Gasteiger partial charge on any atom is -0.497 e. The number of hydrogen-bond donors (Lipinski definition) is 0. The van der Waals surface area contributed by atoms with Gasteiger partial charge < -0.3 is 4.74 Å². The molecule has 4 nitrogen and oxygen atoms in total. The van der Waals surface area contributed by atoms with E-state index in [9.17, 15) is 9.18 Å². The number of aryl methyl sites for hydroxylation is 1. The van der Waals surface area contributed by atoms with Crippen molar-refractivity contribution in [1.82, 2.24) is 5.01 Å². The first-order valence-electron chi connectivity index (χ1n) is 8.39. The lowest BCUT2D eigenvalue weighted by Crippen LogP contribution is -2.31. The summed E-state index contributed by atoms with van der Waals surface area (Å²) in [4.78, 5) is 12.2. The highest BCUT2D eigenvalue weighted by atomic mass is 19.1. The third-order valence-corrected chi connectivity index (χ3v) is 5.06. The molecule has 0 N–H and O–H groups in total. The molecule has 1 aliphatic carbocycles. The summed E-state index contributed by atoms with van der Waals surface area (Å²) in [6.07, 6.45) is 1.83. The van der Waals surface area contributed by atoms with E-state index in [1.54, 1.807) is 24.3 Å². The maximum atomic E-state index is 13.3. The highest BCUT2D eigenvalue weighted by Gasteiger charge is 2.43. The van der Waals surface area contributed by atoms with Crippen molar-refractivity contribution in [3.63, 3.8) is 0 Å². The number of hydrogen-bond acceptors (Lipinski definition) is 3. The minimum absolute atomic E-state index is 0.106. The second-order valence-corrected chi connectivity index (χ2v) is 6.51. The van der Waals surface area contributed by atoms with Gasteiger partial charge in [-0.05, 0) is 48.2 Å². The number of benzene rings is 2. The molecule has 1 aliphatic heterocycles. The molecule has 0 unspecified atom stereocenters. The van der Waals surface area contributed by atoms with E-state index in [4.69, 9.17) is 4.74 Å². The molecule has 0 aromatic heterocycles. The van der Waals surface area contributed by atoms with E-state index in [-0.39, 0.29) is 23.7 Å². The van der Waals surface area contributed by atoms with Crippen molar-refractivity contribution >= 4 is 11.6 Å². The summed E-state index contributed by atoms with van der Waals surface area (Å²) >= 11 is 0. The van der Waals surface area contributed by atoms with E-state index < -0.39 is 0 Å². The fourth-order valence-corrected chi connectivity index (χ4v) is 3.87. The van der Waals surface area contributed by atoms with Crippen LogP contribution >= 0.6 is 0 Å². The molecule has 0 saturated heterocycles. The monoisotopic (exact) mass is 338 g/mol. The quantitative estimate of drug-likeness (QED) is 0.838. The number of hydrazone groups is 1. The summed E-state index contributed by atoms with van der Waals surface area (Å²) in [6.45, 7) is 1.52. The summed E-state index contributed by atoms with van der Waals surface area (Å²) in [7, 11) is 1.64. The Morgan fingerprint density at radius 3 is 2.68 bits per heavy atom. The molecule has 4 rings (SSSR count). The number of methoxy groups -OCH3 is 1. The molecular formula is C20H19FN2O2. The Bertz CT molecular complexity index is 860. The number of ether oxygens (including phenoxy) is 1. The predicted molar refractivity (Wildman–Crippen MR) is 93.0 cm³/mol. The van der Waals surface area contributed by atoms with Crippen molar-refractivity contribution in [1.29, 1.82) is 0 Å². The number of rotatable bonds is 2. The van der Waals surface area contributed by atoms with E-state index in [1.165, 1.54) is 24.6 Å². The number of carbonyl (C=O) groups is 1. The van der Waals surface area contributed by atoms with Gasteiger partial charge >= 0.3 is 0 Å². The molecule has 2 aliphatic rings. The highest BCUT2D eigenvalue weighted by Crippen LogP contribution is 2.43. The Balaban J connectivity index is 1.80. The SMILES string of the molecule is COc1ccc2c(c1)C1=NN(C(C)=O)[C@H](c3ccc(F)cc3)[C@@H]1CC2. The van der Waals surface area contributed by atoms with Gasteiger partial charge in [0.15, 0.2) is 0 Å². The zero-order valence-corrected chi connectivity index (χ0v) is 14.2. The minimum atomic E-state index is -0.281. The fourth-order valence-electron chi connectivity index (χ4n) is 3.87. The maximum Gasteiger partial charge on any atom is 0.240 e. The third kappa shape index (κ3) is 2.60. The molecule has 25 heavy (non-hydrogen) atoms. The van der Waals surface area contributed by atoms with Crippen LogP contribution in [0.25, 0.3) is 0 Å². The molecule has 2 atom stereocenters. The van der Waals surface area contributed by atoms with Crippen molar-refractivity contribution in [2.45, 2.75) is 25.8 Å². The van der Waals surface area contributed by atoms with Gasteiger partial charge in [0.05, 0.1) is 18.9 Å².